The standard InChI is InChI=1S/C14H16F3NO3S/c1-3-21-13(20)12-7(2)6-22-10(12)5-11(19)18-9-4-8(9)14(15,16)17/h6,8-9H,3-5H2,1-2H3,(H,18,19). The second-order valence-corrected chi connectivity index (χ2v) is 6.14. The summed E-state index contributed by atoms with van der Waals surface area (Å²) in [7, 11) is 0. The van der Waals surface area contributed by atoms with Gasteiger partial charge in [-0.1, -0.05) is 0 Å². The molecule has 122 valence electrons. The van der Waals surface area contributed by atoms with E-state index in [1.807, 2.05) is 0 Å². The van der Waals surface area contributed by atoms with E-state index in [2.05, 4.69) is 5.32 Å². The van der Waals surface area contributed by atoms with Crippen LogP contribution in [0.4, 0.5) is 13.2 Å². The van der Waals surface area contributed by atoms with E-state index in [0.717, 1.165) is 0 Å². The lowest BCUT2D eigenvalue weighted by molar-refractivity contribution is -0.149. The maximum atomic E-state index is 12.4. The van der Waals surface area contributed by atoms with Crippen molar-refractivity contribution < 1.29 is 27.5 Å². The van der Waals surface area contributed by atoms with Crippen LogP contribution < -0.4 is 5.32 Å². The summed E-state index contributed by atoms with van der Waals surface area (Å²) in [6, 6.07) is -0.848. The molecule has 0 spiro atoms. The topological polar surface area (TPSA) is 55.4 Å². The maximum Gasteiger partial charge on any atom is 0.393 e. The van der Waals surface area contributed by atoms with E-state index in [9.17, 15) is 22.8 Å². The molecule has 0 radical (unpaired) electrons. The number of carbonyl (C=O) groups is 2. The highest BCUT2D eigenvalue weighted by Gasteiger charge is 2.56. The number of ether oxygens (including phenoxy) is 1. The second-order valence-electron chi connectivity index (χ2n) is 5.17. The molecule has 4 nitrogen and oxygen atoms in total. The maximum absolute atomic E-state index is 12.4. The average molecular weight is 335 g/mol. The smallest absolute Gasteiger partial charge is 0.393 e. The Morgan fingerprint density at radius 1 is 1.45 bits per heavy atom. The Bertz CT molecular complexity index is 582. The van der Waals surface area contributed by atoms with Gasteiger partial charge >= 0.3 is 12.1 Å². The fraction of sp³-hybridized carbons (Fsp3) is 0.571. The van der Waals surface area contributed by atoms with Crippen LogP contribution in [0.2, 0.25) is 0 Å². The largest absolute Gasteiger partial charge is 0.462 e. The van der Waals surface area contributed by atoms with Crippen molar-refractivity contribution in [3.63, 3.8) is 0 Å². The minimum absolute atomic E-state index is 0.0799. The van der Waals surface area contributed by atoms with Gasteiger partial charge in [-0.25, -0.2) is 4.79 Å². The predicted molar refractivity (Wildman–Crippen MR) is 74.8 cm³/mol. The van der Waals surface area contributed by atoms with Crippen LogP contribution in [-0.4, -0.2) is 30.7 Å². The van der Waals surface area contributed by atoms with Crippen molar-refractivity contribution >= 4 is 23.2 Å². The van der Waals surface area contributed by atoms with E-state index in [4.69, 9.17) is 4.74 Å². The summed E-state index contributed by atoms with van der Waals surface area (Å²) >= 11 is 1.23. The van der Waals surface area contributed by atoms with Crippen molar-refractivity contribution in [2.75, 3.05) is 6.61 Å². The van der Waals surface area contributed by atoms with Crippen LogP contribution >= 0.6 is 11.3 Å². The third-order valence-electron chi connectivity index (χ3n) is 3.41. The fourth-order valence-corrected chi connectivity index (χ4v) is 3.24. The molecule has 22 heavy (non-hydrogen) atoms. The van der Waals surface area contributed by atoms with Gasteiger partial charge in [-0.15, -0.1) is 11.3 Å². The number of aryl methyl sites for hydroxylation is 1. The van der Waals surface area contributed by atoms with Crippen LogP contribution in [0.25, 0.3) is 0 Å². The molecule has 1 aliphatic rings. The van der Waals surface area contributed by atoms with Gasteiger partial charge in [0.15, 0.2) is 0 Å². The van der Waals surface area contributed by atoms with E-state index in [0.29, 0.717) is 16.0 Å². The van der Waals surface area contributed by atoms with Gasteiger partial charge in [0.2, 0.25) is 5.91 Å². The molecule has 1 heterocycles. The molecular weight excluding hydrogens is 319 g/mol. The third kappa shape index (κ3) is 3.79. The predicted octanol–water partition coefficient (Wildman–Crippen LogP) is 2.84. The molecule has 1 saturated carbocycles. The monoisotopic (exact) mass is 335 g/mol. The zero-order valence-corrected chi connectivity index (χ0v) is 12.9. The Balaban J connectivity index is 1.97. The number of halogens is 3. The lowest BCUT2D eigenvalue weighted by Gasteiger charge is -2.08. The van der Waals surface area contributed by atoms with Gasteiger partial charge in [0.05, 0.1) is 24.5 Å². The lowest BCUT2D eigenvalue weighted by Crippen LogP contribution is -2.31. The molecule has 2 rings (SSSR count). The van der Waals surface area contributed by atoms with E-state index in [-0.39, 0.29) is 19.4 Å². The molecule has 0 saturated heterocycles. The summed E-state index contributed by atoms with van der Waals surface area (Å²) < 4.78 is 42.2. The van der Waals surface area contributed by atoms with Crippen molar-refractivity contribution in [2.24, 2.45) is 5.92 Å². The summed E-state index contributed by atoms with van der Waals surface area (Å²) in [5, 5.41) is 4.09. The summed E-state index contributed by atoms with van der Waals surface area (Å²) in [6.45, 7) is 3.62. The van der Waals surface area contributed by atoms with Gasteiger partial charge in [0, 0.05) is 10.9 Å². The SMILES string of the molecule is CCOC(=O)c1c(C)csc1CC(=O)NC1CC1C(F)(F)F. The molecule has 1 aromatic rings. The average Bonchev–Trinajstić information content (AvgIpc) is 3.07. The van der Waals surface area contributed by atoms with Crippen molar-refractivity contribution in [3.8, 4) is 0 Å². The molecule has 0 aliphatic heterocycles. The highest BCUT2D eigenvalue weighted by atomic mass is 32.1. The summed E-state index contributed by atoms with van der Waals surface area (Å²) in [4.78, 5) is 24.2. The Kier molecular flexibility index (Phi) is 4.79. The first-order valence-corrected chi connectivity index (χ1v) is 7.72. The zero-order valence-electron chi connectivity index (χ0n) is 12.1. The van der Waals surface area contributed by atoms with Crippen LogP contribution in [0.15, 0.2) is 5.38 Å². The minimum atomic E-state index is -4.27. The third-order valence-corrected chi connectivity index (χ3v) is 4.51. The second kappa shape index (κ2) is 6.28. The highest BCUT2D eigenvalue weighted by molar-refractivity contribution is 7.10. The van der Waals surface area contributed by atoms with Gasteiger partial charge in [-0.3, -0.25) is 4.79 Å². The normalized spacial score (nSPS) is 20.6. The number of hydrogen-bond donors (Lipinski definition) is 1. The first-order chi connectivity index (χ1) is 10.2. The number of nitrogens with one attached hydrogen (secondary N) is 1. The van der Waals surface area contributed by atoms with Gasteiger partial charge in [0.1, 0.15) is 0 Å². The Hall–Kier alpha value is -1.57. The number of esters is 1. The van der Waals surface area contributed by atoms with Crippen molar-refractivity contribution in [1.29, 1.82) is 0 Å². The van der Waals surface area contributed by atoms with Crippen molar-refractivity contribution in [1.82, 2.24) is 5.32 Å². The van der Waals surface area contributed by atoms with Crippen LogP contribution in [-0.2, 0) is 16.0 Å². The number of carbonyl (C=O) groups excluding carboxylic acids is 2. The molecule has 1 aromatic heterocycles. The van der Waals surface area contributed by atoms with Crippen molar-refractivity contribution in [3.05, 3.63) is 21.4 Å². The van der Waals surface area contributed by atoms with Gasteiger partial charge in [0.25, 0.3) is 0 Å². The molecule has 1 amide bonds. The van der Waals surface area contributed by atoms with Crippen LogP contribution in [0.1, 0.15) is 34.1 Å². The Morgan fingerprint density at radius 2 is 2.14 bits per heavy atom. The van der Waals surface area contributed by atoms with Crippen LogP contribution in [0.5, 0.6) is 0 Å². The van der Waals surface area contributed by atoms with Gasteiger partial charge in [-0.05, 0) is 31.2 Å². The molecular formula is C14H16F3NO3S. The quantitative estimate of drug-likeness (QED) is 0.842. The van der Waals surface area contributed by atoms with Crippen LogP contribution in [0, 0.1) is 12.8 Å². The first-order valence-electron chi connectivity index (χ1n) is 6.84. The number of rotatable bonds is 5. The summed E-state index contributed by atoms with van der Waals surface area (Å²) in [6.07, 6.45) is -4.47. The van der Waals surface area contributed by atoms with Gasteiger partial charge < -0.3 is 10.1 Å². The molecule has 8 heteroatoms. The molecule has 2 atom stereocenters. The Morgan fingerprint density at radius 3 is 2.68 bits per heavy atom. The molecule has 1 N–H and O–H groups in total. The van der Waals surface area contributed by atoms with E-state index in [1.54, 1.807) is 19.2 Å². The van der Waals surface area contributed by atoms with E-state index in [1.165, 1.54) is 11.3 Å². The number of hydrogen-bond acceptors (Lipinski definition) is 4. The molecule has 2 unspecified atom stereocenters. The molecule has 0 bridgehead atoms. The molecule has 0 aromatic carbocycles. The van der Waals surface area contributed by atoms with Crippen LogP contribution in [0.3, 0.4) is 0 Å². The minimum Gasteiger partial charge on any atom is -0.462 e. The van der Waals surface area contributed by atoms with E-state index < -0.39 is 30.0 Å². The molecule has 1 aliphatic carbocycles. The number of thiophene rings is 1. The summed E-state index contributed by atoms with van der Waals surface area (Å²) in [5.74, 6) is -2.47. The Labute approximate surface area is 129 Å². The van der Waals surface area contributed by atoms with Gasteiger partial charge in [-0.2, -0.15) is 13.2 Å². The number of amides is 1. The summed E-state index contributed by atoms with van der Waals surface area (Å²) in [5.41, 5.74) is 1.04. The zero-order chi connectivity index (χ0) is 16.5. The first kappa shape index (κ1) is 16.8. The lowest BCUT2D eigenvalue weighted by atomic mass is 10.1. The number of alkyl halides is 3. The fourth-order valence-electron chi connectivity index (χ4n) is 2.23. The highest BCUT2D eigenvalue weighted by Crippen LogP contribution is 2.44. The molecule has 1 fully saturated rings. The van der Waals surface area contributed by atoms with Crippen molar-refractivity contribution in [2.45, 2.75) is 38.9 Å². The van der Waals surface area contributed by atoms with E-state index >= 15 is 0 Å².